The van der Waals surface area contributed by atoms with Gasteiger partial charge in [-0.25, -0.2) is 13.9 Å². The van der Waals surface area contributed by atoms with Gasteiger partial charge in [-0.2, -0.15) is 0 Å². The quantitative estimate of drug-likeness (QED) is 0.214. The highest BCUT2D eigenvalue weighted by Gasteiger charge is 2.38. The summed E-state index contributed by atoms with van der Waals surface area (Å²) in [5.74, 6) is 0.114. The van der Waals surface area contributed by atoms with Crippen molar-refractivity contribution in [2.45, 2.75) is 38.3 Å². The molecule has 0 aliphatic carbocycles. The molecule has 1 fully saturated rings. The average molecular weight is 578 g/mol. The number of halogens is 1. The number of nitrogens with zero attached hydrogens (tertiary/aromatic N) is 4. The minimum atomic E-state index is -0.713. The highest BCUT2D eigenvalue weighted by molar-refractivity contribution is 6.07. The Morgan fingerprint density at radius 1 is 1.19 bits per heavy atom. The summed E-state index contributed by atoms with van der Waals surface area (Å²) in [6.07, 6.45) is 5.01. The number of benzene rings is 2. The molecular weight excluding hydrogens is 549 g/mol. The van der Waals surface area contributed by atoms with Crippen molar-refractivity contribution in [2.24, 2.45) is 0 Å². The maximum Gasteiger partial charge on any atom is 0.330 e. The lowest BCUT2D eigenvalue weighted by Gasteiger charge is -2.15. The minimum absolute atomic E-state index is 0.0352. The lowest BCUT2D eigenvalue weighted by atomic mass is 10.1. The van der Waals surface area contributed by atoms with Crippen LogP contribution in [0.2, 0.25) is 0 Å². The summed E-state index contributed by atoms with van der Waals surface area (Å²) in [6.45, 7) is 1.31. The average Bonchev–Trinajstić information content (AvgIpc) is 3.64. The Labute approximate surface area is 238 Å². The largest absolute Gasteiger partial charge is 0.493 e. The number of allylic oxidation sites excluding steroid dienone is 1. The molecule has 2 aromatic carbocycles. The molecule has 5 rings (SSSR count). The molecular formula is C29H28FN5O7. The van der Waals surface area contributed by atoms with E-state index in [9.17, 15) is 23.9 Å². The molecule has 1 saturated heterocycles. The molecule has 218 valence electrons. The number of aryl methyl sites for hydroxylation is 1. The maximum atomic E-state index is 13.1. The van der Waals surface area contributed by atoms with Gasteiger partial charge in [0.2, 0.25) is 0 Å². The van der Waals surface area contributed by atoms with E-state index in [1.165, 1.54) is 36.1 Å². The van der Waals surface area contributed by atoms with Gasteiger partial charge < -0.3 is 19.3 Å². The van der Waals surface area contributed by atoms with E-state index in [0.717, 1.165) is 0 Å². The molecule has 0 amide bonds. The second kappa shape index (κ2) is 12.3. The summed E-state index contributed by atoms with van der Waals surface area (Å²) in [6, 6.07) is 10.1. The first-order valence-corrected chi connectivity index (χ1v) is 13.0. The Balaban J connectivity index is 1.24. The van der Waals surface area contributed by atoms with E-state index in [0.29, 0.717) is 40.3 Å². The van der Waals surface area contributed by atoms with Gasteiger partial charge in [-0.1, -0.05) is 23.4 Å². The molecule has 2 aromatic heterocycles. The first-order valence-electron chi connectivity index (χ1n) is 13.0. The lowest BCUT2D eigenvalue weighted by Crippen LogP contribution is -2.33. The third-order valence-electron chi connectivity index (χ3n) is 6.86. The number of nitrogens with one attached hydrogen (secondary N) is 1. The van der Waals surface area contributed by atoms with Crippen LogP contribution in [0, 0.1) is 12.7 Å². The fraction of sp³-hybridized carbons (Fsp3) is 0.276. The van der Waals surface area contributed by atoms with E-state index in [1.54, 1.807) is 54.2 Å². The van der Waals surface area contributed by atoms with Crippen LogP contribution in [0.5, 0.6) is 11.5 Å². The zero-order valence-corrected chi connectivity index (χ0v) is 22.8. The summed E-state index contributed by atoms with van der Waals surface area (Å²) >= 11 is 0. The number of ketones is 1. The highest BCUT2D eigenvalue weighted by atomic mass is 19.1. The molecule has 4 aromatic rings. The molecule has 3 heterocycles. The Hall–Kier alpha value is -4.88. The van der Waals surface area contributed by atoms with Gasteiger partial charge in [0.15, 0.2) is 17.3 Å². The number of carbonyl (C=O) groups excluding carboxylic acids is 1. The second-order valence-electron chi connectivity index (χ2n) is 9.69. The van der Waals surface area contributed by atoms with E-state index in [-0.39, 0.29) is 24.8 Å². The smallest absolute Gasteiger partial charge is 0.330 e. The number of ether oxygens (including phenoxy) is 3. The van der Waals surface area contributed by atoms with Crippen LogP contribution in [0.1, 0.15) is 45.9 Å². The van der Waals surface area contributed by atoms with Crippen LogP contribution in [-0.2, 0) is 11.3 Å². The van der Waals surface area contributed by atoms with Crippen molar-refractivity contribution < 1.29 is 28.5 Å². The molecule has 0 saturated carbocycles. The number of carbonyl (C=O) groups is 1. The van der Waals surface area contributed by atoms with E-state index < -0.39 is 29.6 Å². The Kier molecular flexibility index (Phi) is 8.41. The second-order valence-corrected chi connectivity index (χ2v) is 9.69. The SMILES string of the molecule is COc1cc(C(=O)/C=C/c2ccc(F)cc2)ccc1OCc1cn([C@H]2C[C@H](n3cc(C)c(=O)[nH]c3=O)O[C@@H]2CO)nn1. The van der Waals surface area contributed by atoms with Crippen molar-refractivity contribution in [3.8, 4) is 11.5 Å². The molecule has 12 nitrogen and oxygen atoms in total. The molecule has 2 N–H and O–H groups in total. The highest BCUT2D eigenvalue weighted by Crippen LogP contribution is 2.36. The van der Waals surface area contributed by atoms with E-state index in [1.807, 2.05) is 0 Å². The molecule has 1 aliphatic rings. The molecule has 1 aliphatic heterocycles. The van der Waals surface area contributed by atoms with Gasteiger partial charge in [-0.05, 0) is 48.9 Å². The topological polar surface area (TPSA) is 151 Å². The predicted octanol–water partition coefficient (Wildman–Crippen LogP) is 2.58. The number of aromatic amines is 1. The molecule has 0 radical (unpaired) electrons. The van der Waals surface area contributed by atoms with Crippen LogP contribution in [0.15, 0.2) is 70.5 Å². The number of aliphatic hydroxyl groups is 1. The van der Waals surface area contributed by atoms with Gasteiger partial charge in [0, 0.05) is 23.7 Å². The van der Waals surface area contributed by atoms with Crippen molar-refractivity contribution in [3.05, 3.63) is 110 Å². The van der Waals surface area contributed by atoms with Gasteiger partial charge in [0.25, 0.3) is 5.56 Å². The van der Waals surface area contributed by atoms with Gasteiger partial charge in [-0.3, -0.25) is 19.1 Å². The fourth-order valence-corrected chi connectivity index (χ4v) is 4.60. The first-order chi connectivity index (χ1) is 20.2. The standard InChI is InChI=1S/C29H28FN5O7/c1-17-13-34(29(39)31-28(17)38)27-12-22(26(15-36)42-27)35-14-21(32-33-35)16-41-24-10-6-19(11-25(24)40-2)23(37)9-5-18-3-7-20(30)8-4-18/h3-11,13-14,22,26-27,36H,12,15-16H2,1-2H3,(H,31,38,39)/b9-5+/t22-,26+,27+/m0/s1. The van der Waals surface area contributed by atoms with Crippen LogP contribution in [0.25, 0.3) is 6.08 Å². The van der Waals surface area contributed by atoms with Crippen molar-refractivity contribution in [2.75, 3.05) is 13.7 Å². The number of aromatic nitrogens is 5. The van der Waals surface area contributed by atoms with Crippen LogP contribution < -0.4 is 20.7 Å². The monoisotopic (exact) mass is 577 g/mol. The summed E-state index contributed by atoms with van der Waals surface area (Å²) < 4.78 is 33.1. The molecule has 0 bridgehead atoms. The molecule has 42 heavy (non-hydrogen) atoms. The first kappa shape index (κ1) is 28.6. The molecule has 0 unspecified atom stereocenters. The zero-order valence-electron chi connectivity index (χ0n) is 22.8. The summed E-state index contributed by atoms with van der Waals surface area (Å²) in [7, 11) is 1.46. The van der Waals surface area contributed by atoms with Crippen molar-refractivity contribution >= 4 is 11.9 Å². The Morgan fingerprint density at radius 3 is 2.71 bits per heavy atom. The zero-order chi connectivity index (χ0) is 29.8. The maximum absolute atomic E-state index is 13.1. The van der Waals surface area contributed by atoms with E-state index in [2.05, 4.69) is 15.3 Å². The molecule has 13 heteroatoms. The summed E-state index contributed by atoms with van der Waals surface area (Å²) in [4.78, 5) is 39.0. The Bertz CT molecular complexity index is 1730. The number of hydrogen-bond donors (Lipinski definition) is 2. The van der Waals surface area contributed by atoms with Crippen LogP contribution in [-0.4, -0.2) is 55.3 Å². The van der Waals surface area contributed by atoms with Crippen molar-refractivity contribution in [1.29, 1.82) is 0 Å². The normalized spacial score (nSPS) is 18.4. The fourth-order valence-electron chi connectivity index (χ4n) is 4.60. The van der Waals surface area contributed by atoms with E-state index >= 15 is 0 Å². The van der Waals surface area contributed by atoms with Crippen LogP contribution in [0.4, 0.5) is 4.39 Å². The minimum Gasteiger partial charge on any atom is -0.493 e. The van der Waals surface area contributed by atoms with Gasteiger partial charge in [0.05, 0.1) is 26.0 Å². The summed E-state index contributed by atoms with van der Waals surface area (Å²) in [5, 5.41) is 18.2. The number of H-pyrrole nitrogens is 1. The number of hydrogen-bond acceptors (Lipinski definition) is 9. The molecule has 0 spiro atoms. The predicted molar refractivity (Wildman–Crippen MR) is 148 cm³/mol. The van der Waals surface area contributed by atoms with Crippen molar-refractivity contribution in [1.82, 2.24) is 24.5 Å². The van der Waals surface area contributed by atoms with E-state index in [4.69, 9.17) is 14.2 Å². The van der Waals surface area contributed by atoms with Crippen LogP contribution in [0.3, 0.4) is 0 Å². The number of rotatable bonds is 10. The van der Waals surface area contributed by atoms with Crippen molar-refractivity contribution in [3.63, 3.8) is 0 Å². The van der Waals surface area contributed by atoms with Gasteiger partial charge in [0.1, 0.15) is 30.4 Å². The molecule has 3 atom stereocenters. The lowest BCUT2D eigenvalue weighted by molar-refractivity contribution is -0.0323. The van der Waals surface area contributed by atoms with Crippen LogP contribution >= 0.6 is 0 Å². The van der Waals surface area contributed by atoms with Gasteiger partial charge >= 0.3 is 5.69 Å². The summed E-state index contributed by atoms with van der Waals surface area (Å²) in [5.41, 5.74) is 0.836. The Morgan fingerprint density at radius 2 is 1.98 bits per heavy atom. The van der Waals surface area contributed by atoms with Gasteiger partial charge in [-0.15, -0.1) is 5.10 Å². The third kappa shape index (κ3) is 6.21. The third-order valence-corrected chi connectivity index (χ3v) is 6.86. The number of aliphatic hydroxyl groups excluding tert-OH is 1. The number of methoxy groups -OCH3 is 1.